The summed E-state index contributed by atoms with van der Waals surface area (Å²) in [5.74, 6) is 0. The molecule has 0 atom stereocenters. The van der Waals surface area contributed by atoms with Crippen LogP contribution in [0.4, 0.5) is 5.69 Å². The Hall–Kier alpha value is -1.02. The molecule has 0 radical (unpaired) electrons. The van der Waals surface area contributed by atoms with Crippen LogP contribution in [0.2, 0.25) is 0 Å². The van der Waals surface area contributed by atoms with Crippen LogP contribution in [0.3, 0.4) is 0 Å². The Labute approximate surface area is 79.8 Å². The van der Waals surface area contributed by atoms with E-state index in [1.54, 1.807) is 0 Å². The smallest absolute Gasteiger partial charge is 0.0447 e. The molecule has 0 aromatic heterocycles. The highest BCUT2D eigenvalue weighted by Gasteiger charge is 2.01. The number of nitrogens with zero attached hydrogens (tertiary/aromatic N) is 1. The first-order valence-corrected chi connectivity index (χ1v) is 4.63. The molecule has 2 heteroatoms. The zero-order valence-electron chi connectivity index (χ0n) is 8.33. The Morgan fingerprint density at radius 1 is 1.31 bits per heavy atom. The maximum atomic E-state index is 8.70. The molecule has 0 bridgehead atoms. The highest BCUT2D eigenvalue weighted by Crippen LogP contribution is 2.17. The summed E-state index contributed by atoms with van der Waals surface area (Å²) in [6.45, 7) is 3.27. The second-order valence-corrected chi connectivity index (χ2v) is 3.29. The molecule has 1 aromatic rings. The molecule has 2 nitrogen and oxygen atoms in total. The number of aliphatic hydroxyl groups is 1. The monoisotopic (exact) mass is 179 g/mol. The summed E-state index contributed by atoms with van der Waals surface area (Å²) in [6.07, 6.45) is 0.824. The Morgan fingerprint density at radius 2 is 2.00 bits per heavy atom. The molecule has 1 N–H and O–H groups in total. The van der Waals surface area contributed by atoms with Gasteiger partial charge in [-0.1, -0.05) is 18.2 Å². The first kappa shape index (κ1) is 10.1. The number of aryl methyl sites for hydroxylation is 1. The molecule has 0 aliphatic heterocycles. The van der Waals surface area contributed by atoms with E-state index in [-0.39, 0.29) is 6.61 Å². The zero-order valence-corrected chi connectivity index (χ0v) is 8.33. The molecular formula is C11H17NO. The van der Waals surface area contributed by atoms with Crippen molar-refractivity contribution in [3.8, 4) is 0 Å². The Bertz CT molecular complexity index is 260. The van der Waals surface area contributed by atoms with Gasteiger partial charge < -0.3 is 10.0 Å². The molecule has 0 aliphatic rings. The molecule has 0 spiro atoms. The lowest BCUT2D eigenvalue weighted by Crippen LogP contribution is -2.20. The molecular weight excluding hydrogens is 162 g/mol. The average Bonchev–Trinajstić information content (AvgIpc) is 2.15. The van der Waals surface area contributed by atoms with Gasteiger partial charge in [0, 0.05) is 25.9 Å². The van der Waals surface area contributed by atoms with Crippen LogP contribution in [0.15, 0.2) is 24.3 Å². The summed E-state index contributed by atoms with van der Waals surface area (Å²) in [6, 6.07) is 8.29. The fourth-order valence-corrected chi connectivity index (χ4v) is 1.42. The predicted octanol–water partition coefficient (Wildman–Crippen LogP) is 1.81. The van der Waals surface area contributed by atoms with Crippen molar-refractivity contribution in [2.45, 2.75) is 13.3 Å². The molecule has 1 aromatic carbocycles. The molecule has 0 saturated carbocycles. The number of aliphatic hydroxyl groups excluding tert-OH is 1. The van der Waals surface area contributed by atoms with Crippen molar-refractivity contribution in [1.82, 2.24) is 0 Å². The van der Waals surface area contributed by atoms with Crippen molar-refractivity contribution in [3.05, 3.63) is 29.8 Å². The van der Waals surface area contributed by atoms with Gasteiger partial charge in [-0.15, -0.1) is 0 Å². The van der Waals surface area contributed by atoms with Gasteiger partial charge in [0.15, 0.2) is 0 Å². The van der Waals surface area contributed by atoms with E-state index >= 15 is 0 Å². The van der Waals surface area contributed by atoms with Crippen LogP contribution in [-0.4, -0.2) is 25.3 Å². The van der Waals surface area contributed by atoms with Crippen molar-refractivity contribution in [3.63, 3.8) is 0 Å². The van der Waals surface area contributed by atoms with Crippen LogP contribution in [-0.2, 0) is 0 Å². The van der Waals surface area contributed by atoms with Gasteiger partial charge in [0.05, 0.1) is 0 Å². The van der Waals surface area contributed by atoms with Crippen LogP contribution in [0, 0.1) is 6.92 Å². The molecule has 0 heterocycles. The van der Waals surface area contributed by atoms with E-state index in [9.17, 15) is 0 Å². The van der Waals surface area contributed by atoms with Gasteiger partial charge in [-0.3, -0.25) is 0 Å². The molecule has 13 heavy (non-hydrogen) atoms. The van der Waals surface area contributed by atoms with Crippen LogP contribution in [0.5, 0.6) is 0 Å². The number of para-hydroxylation sites is 1. The first-order chi connectivity index (χ1) is 6.25. The fourth-order valence-electron chi connectivity index (χ4n) is 1.42. The highest BCUT2D eigenvalue weighted by atomic mass is 16.3. The van der Waals surface area contributed by atoms with Crippen molar-refractivity contribution in [1.29, 1.82) is 0 Å². The van der Waals surface area contributed by atoms with Gasteiger partial charge in [0.25, 0.3) is 0 Å². The van der Waals surface area contributed by atoms with E-state index in [4.69, 9.17) is 5.11 Å². The van der Waals surface area contributed by atoms with E-state index in [1.807, 2.05) is 12.1 Å². The quantitative estimate of drug-likeness (QED) is 0.762. The summed E-state index contributed by atoms with van der Waals surface area (Å²) >= 11 is 0. The van der Waals surface area contributed by atoms with Crippen molar-refractivity contribution >= 4 is 5.69 Å². The molecule has 0 aliphatic carbocycles. The van der Waals surface area contributed by atoms with E-state index in [2.05, 4.69) is 31.0 Å². The van der Waals surface area contributed by atoms with Crippen molar-refractivity contribution < 1.29 is 5.11 Å². The lowest BCUT2D eigenvalue weighted by Gasteiger charge is -2.20. The van der Waals surface area contributed by atoms with Crippen LogP contribution < -0.4 is 4.90 Å². The van der Waals surface area contributed by atoms with Gasteiger partial charge in [-0.2, -0.15) is 0 Å². The minimum atomic E-state index is 0.260. The largest absolute Gasteiger partial charge is 0.396 e. The maximum absolute atomic E-state index is 8.70. The molecule has 1 rings (SSSR count). The lowest BCUT2D eigenvalue weighted by molar-refractivity contribution is 0.290. The minimum absolute atomic E-state index is 0.260. The second-order valence-electron chi connectivity index (χ2n) is 3.29. The van der Waals surface area contributed by atoms with E-state index in [0.717, 1.165) is 13.0 Å². The third-order valence-corrected chi connectivity index (χ3v) is 2.18. The number of benzene rings is 1. The molecule has 0 amide bonds. The van der Waals surface area contributed by atoms with Gasteiger partial charge in [-0.25, -0.2) is 0 Å². The van der Waals surface area contributed by atoms with Crippen LogP contribution >= 0.6 is 0 Å². The maximum Gasteiger partial charge on any atom is 0.0447 e. The van der Waals surface area contributed by atoms with E-state index in [1.165, 1.54) is 11.3 Å². The standard InChI is InChI=1S/C11H17NO/c1-10-6-3-4-7-11(10)12(2)8-5-9-13/h3-4,6-7,13H,5,8-9H2,1-2H3. The molecule has 0 saturated heterocycles. The predicted molar refractivity (Wildman–Crippen MR) is 56.2 cm³/mol. The summed E-state index contributed by atoms with van der Waals surface area (Å²) < 4.78 is 0. The Balaban J connectivity index is 2.65. The van der Waals surface area contributed by atoms with Gasteiger partial charge in [0.1, 0.15) is 0 Å². The highest BCUT2D eigenvalue weighted by molar-refractivity contribution is 5.52. The summed E-state index contributed by atoms with van der Waals surface area (Å²) in [5, 5.41) is 8.70. The van der Waals surface area contributed by atoms with Crippen molar-refractivity contribution in [2.75, 3.05) is 25.1 Å². The number of rotatable bonds is 4. The summed E-state index contributed by atoms with van der Waals surface area (Å²) in [4.78, 5) is 2.17. The first-order valence-electron chi connectivity index (χ1n) is 4.63. The second kappa shape index (κ2) is 4.87. The summed E-state index contributed by atoms with van der Waals surface area (Å²) in [7, 11) is 2.05. The molecule has 0 unspecified atom stereocenters. The topological polar surface area (TPSA) is 23.5 Å². The molecule has 0 fully saturated rings. The third kappa shape index (κ3) is 2.74. The zero-order chi connectivity index (χ0) is 9.68. The molecule has 72 valence electrons. The average molecular weight is 179 g/mol. The third-order valence-electron chi connectivity index (χ3n) is 2.18. The Kier molecular flexibility index (Phi) is 3.77. The van der Waals surface area contributed by atoms with Crippen LogP contribution in [0.25, 0.3) is 0 Å². The number of hydrogen-bond donors (Lipinski definition) is 1. The van der Waals surface area contributed by atoms with Gasteiger partial charge in [-0.05, 0) is 25.0 Å². The SMILES string of the molecule is Cc1ccccc1N(C)CCCO. The number of anilines is 1. The summed E-state index contributed by atoms with van der Waals surface area (Å²) in [5.41, 5.74) is 2.53. The minimum Gasteiger partial charge on any atom is -0.396 e. The Morgan fingerprint density at radius 3 is 2.62 bits per heavy atom. The van der Waals surface area contributed by atoms with E-state index < -0.39 is 0 Å². The van der Waals surface area contributed by atoms with Gasteiger partial charge >= 0.3 is 0 Å². The normalized spacial score (nSPS) is 10.1. The lowest BCUT2D eigenvalue weighted by atomic mass is 10.2. The van der Waals surface area contributed by atoms with Gasteiger partial charge in [0.2, 0.25) is 0 Å². The van der Waals surface area contributed by atoms with E-state index in [0.29, 0.717) is 0 Å². The van der Waals surface area contributed by atoms with Crippen LogP contribution in [0.1, 0.15) is 12.0 Å². The number of hydrogen-bond acceptors (Lipinski definition) is 2. The fraction of sp³-hybridized carbons (Fsp3) is 0.455. The van der Waals surface area contributed by atoms with Crippen molar-refractivity contribution in [2.24, 2.45) is 0 Å².